The Labute approximate surface area is 65.7 Å². The van der Waals surface area contributed by atoms with Gasteiger partial charge in [-0.1, -0.05) is 0 Å². The Balaban J connectivity index is 2.16. The summed E-state index contributed by atoms with van der Waals surface area (Å²) in [6.45, 7) is 0. The van der Waals surface area contributed by atoms with Crippen LogP contribution >= 0.6 is 11.6 Å². The molecule has 0 N–H and O–H groups in total. The Morgan fingerprint density at radius 3 is 2.80 bits per heavy atom. The zero-order valence-electron chi connectivity index (χ0n) is 5.85. The van der Waals surface area contributed by atoms with Gasteiger partial charge < -0.3 is 0 Å². The lowest BCUT2D eigenvalue weighted by atomic mass is 10.0. The van der Waals surface area contributed by atoms with E-state index in [0.717, 1.165) is 25.7 Å². The van der Waals surface area contributed by atoms with Gasteiger partial charge in [-0.05, 0) is 25.2 Å². The fourth-order valence-electron chi connectivity index (χ4n) is 2.30. The second-order valence-electron chi connectivity index (χ2n) is 3.37. The van der Waals surface area contributed by atoms with Gasteiger partial charge in [0.2, 0.25) is 0 Å². The van der Waals surface area contributed by atoms with Crippen molar-refractivity contribution in [3.63, 3.8) is 0 Å². The van der Waals surface area contributed by atoms with Crippen LogP contribution in [0.1, 0.15) is 25.7 Å². The molecular formula is C8H11ClO. The first kappa shape index (κ1) is 6.66. The van der Waals surface area contributed by atoms with Gasteiger partial charge in [0, 0.05) is 17.7 Å². The Hall–Kier alpha value is -0.0400. The fourth-order valence-corrected chi connectivity index (χ4v) is 2.72. The van der Waals surface area contributed by atoms with Crippen LogP contribution in [0.3, 0.4) is 0 Å². The van der Waals surface area contributed by atoms with Gasteiger partial charge in [-0.2, -0.15) is 0 Å². The van der Waals surface area contributed by atoms with Crippen LogP contribution in [0.15, 0.2) is 0 Å². The topological polar surface area (TPSA) is 17.1 Å². The minimum Gasteiger partial charge on any atom is -0.299 e. The number of halogens is 1. The van der Waals surface area contributed by atoms with E-state index in [-0.39, 0.29) is 0 Å². The van der Waals surface area contributed by atoms with E-state index in [1.54, 1.807) is 0 Å². The van der Waals surface area contributed by atoms with Crippen molar-refractivity contribution >= 4 is 17.4 Å². The fraction of sp³-hybridized carbons (Fsp3) is 0.875. The van der Waals surface area contributed by atoms with E-state index in [1.165, 1.54) is 0 Å². The van der Waals surface area contributed by atoms with Gasteiger partial charge in [-0.3, -0.25) is 4.79 Å². The minimum atomic E-state index is 0.302. The number of alkyl halides is 1. The highest BCUT2D eigenvalue weighted by molar-refractivity contribution is 6.21. The SMILES string of the molecule is O=C1CCC2C(Cl)CCC12. The Bertz CT molecular complexity index is 167. The van der Waals surface area contributed by atoms with Crippen molar-refractivity contribution in [2.45, 2.75) is 31.1 Å². The number of carbonyl (C=O) groups is 1. The van der Waals surface area contributed by atoms with E-state index >= 15 is 0 Å². The Morgan fingerprint density at radius 1 is 1.30 bits per heavy atom. The van der Waals surface area contributed by atoms with Crippen LogP contribution < -0.4 is 0 Å². The maximum atomic E-state index is 11.1. The van der Waals surface area contributed by atoms with Crippen LogP contribution in [0, 0.1) is 11.8 Å². The minimum absolute atomic E-state index is 0.302. The first-order valence-corrected chi connectivity index (χ1v) is 4.39. The van der Waals surface area contributed by atoms with E-state index in [0.29, 0.717) is 23.0 Å². The third-order valence-electron chi connectivity index (χ3n) is 2.87. The van der Waals surface area contributed by atoms with Gasteiger partial charge in [0.1, 0.15) is 5.78 Å². The summed E-state index contributed by atoms with van der Waals surface area (Å²) in [6, 6.07) is 0. The molecule has 2 aliphatic carbocycles. The van der Waals surface area contributed by atoms with E-state index in [2.05, 4.69) is 0 Å². The molecule has 2 heteroatoms. The van der Waals surface area contributed by atoms with Crippen molar-refractivity contribution in [3.8, 4) is 0 Å². The first-order chi connectivity index (χ1) is 4.79. The van der Waals surface area contributed by atoms with Crippen LogP contribution in [0.25, 0.3) is 0 Å². The molecule has 0 aliphatic heterocycles. The molecule has 0 spiro atoms. The van der Waals surface area contributed by atoms with Crippen LogP contribution in [0.5, 0.6) is 0 Å². The Morgan fingerprint density at radius 2 is 2.10 bits per heavy atom. The second kappa shape index (κ2) is 2.23. The molecule has 2 saturated carbocycles. The van der Waals surface area contributed by atoms with Crippen molar-refractivity contribution in [3.05, 3.63) is 0 Å². The molecule has 3 unspecified atom stereocenters. The molecule has 56 valence electrons. The molecule has 10 heavy (non-hydrogen) atoms. The molecule has 1 nitrogen and oxygen atoms in total. The standard InChI is InChI=1S/C8H11ClO/c9-7-3-1-6-5(7)2-4-8(6)10/h5-7H,1-4H2. The van der Waals surface area contributed by atoms with Crippen molar-refractivity contribution in [2.24, 2.45) is 11.8 Å². The highest BCUT2D eigenvalue weighted by Crippen LogP contribution is 2.44. The number of hydrogen-bond acceptors (Lipinski definition) is 1. The van der Waals surface area contributed by atoms with Crippen LogP contribution in [0.2, 0.25) is 0 Å². The summed E-state index contributed by atoms with van der Waals surface area (Å²) >= 11 is 6.03. The summed E-state index contributed by atoms with van der Waals surface area (Å²) in [7, 11) is 0. The third kappa shape index (κ3) is 0.800. The summed E-state index contributed by atoms with van der Waals surface area (Å²) in [6.07, 6.45) is 3.95. The van der Waals surface area contributed by atoms with Gasteiger partial charge in [0.05, 0.1) is 0 Å². The third-order valence-corrected chi connectivity index (χ3v) is 3.41. The number of fused-ring (bicyclic) bond motifs is 1. The smallest absolute Gasteiger partial charge is 0.136 e. The highest BCUT2D eigenvalue weighted by atomic mass is 35.5. The molecule has 0 aromatic carbocycles. The summed E-state index contributed by atoms with van der Waals surface area (Å²) in [5, 5.41) is 0.302. The van der Waals surface area contributed by atoms with E-state index in [4.69, 9.17) is 11.6 Å². The summed E-state index contributed by atoms with van der Waals surface area (Å²) in [4.78, 5) is 11.1. The molecule has 2 fully saturated rings. The molecule has 0 saturated heterocycles. The van der Waals surface area contributed by atoms with Gasteiger partial charge in [-0.15, -0.1) is 11.6 Å². The average molecular weight is 159 g/mol. The van der Waals surface area contributed by atoms with Crippen molar-refractivity contribution in [2.75, 3.05) is 0 Å². The predicted octanol–water partition coefficient (Wildman–Crippen LogP) is 1.98. The van der Waals surface area contributed by atoms with Crippen LogP contribution in [-0.2, 0) is 4.79 Å². The molecule has 0 radical (unpaired) electrons. The van der Waals surface area contributed by atoms with E-state index in [9.17, 15) is 4.79 Å². The predicted molar refractivity (Wildman–Crippen MR) is 40.1 cm³/mol. The zero-order valence-corrected chi connectivity index (χ0v) is 6.60. The lowest BCUT2D eigenvalue weighted by Crippen LogP contribution is -2.11. The molecule has 0 amide bonds. The number of rotatable bonds is 0. The number of carbonyl (C=O) groups excluding carboxylic acids is 1. The molecule has 0 bridgehead atoms. The van der Waals surface area contributed by atoms with Gasteiger partial charge in [-0.25, -0.2) is 0 Å². The summed E-state index contributed by atoms with van der Waals surface area (Å²) in [5.41, 5.74) is 0. The molecule has 2 rings (SSSR count). The van der Waals surface area contributed by atoms with Crippen molar-refractivity contribution < 1.29 is 4.79 Å². The number of hydrogen-bond donors (Lipinski definition) is 0. The van der Waals surface area contributed by atoms with Gasteiger partial charge in [0.15, 0.2) is 0 Å². The normalized spacial score (nSPS) is 46.1. The molecule has 0 heterocycles. The lowest BCUT2D eigenvalue weighted by molar-refractivity contribution is -0.120. The monoisotopic (exact) mass is 158 g/mol. The van der Waals surface area contributed by atoms with E-state index < -0.39 is 0 Å². The molecule has 2 aliphatic rings. The lowest BCUT2D eigenvalue weighted by Gasteiger charge is -2.08. The number of ketones is 1. The molecular weight excluding hydrogens is 148 g/mol. The largest absolute Gasteiger partial charge is 0.299 e. The van der Waals surface area contributed by atoms with Gasteiger partial charge in [0.25, 0.3) is 0 Å². The maximum Gasteiger partial charge on any atom is 0.136 e. The summed E-state index contributed by atoms with van der Waals surface area (Å²) < 4.78 is 0. The molecule has 0 aromatic rings. The second-order valence-corrected chi connectivity index (χ2v) is 3.93. The number of Topliss-reactive ketones (excluding diaryl/α,β-unsaturated/α-hetero) is 1. The molecule has 3 atom stereocenters. The maximum absolute atomic E-state index is 11.1. The van der Waals surface area contributed by atoms with Crippen LogP contribution in [0.4, 0.5) is 0 Å². The zero-order chi connectivity index (χ0) is 7.14. The van der Waals surface area contributed by atoms with Crippen molar-refractivity contribution in [1.82, 2.24) is 0 Å². The summed E-state index contributed by atoms with van der Waals surface area (Å²) in [5.74, 6) is 1.35. The van der Waals surface area contributed by atoms with Crippen LogP contribution in [-0.4, -0.2) is 11.2 Å². The highest BCUT2D eigenvalue weighted by Gasteiger charge is 2.43. The first-order valence-electron chi connectivity index (χ1n) is 3.96. The van der Waals surface area contributed by atoms with E-state index in [1.807, 2.05) is 0 Å². The quantitative estimate of drug-likeness (QED) is 0.493. The molecule has 0 aromatic heterocycles. The Kier molecular flexibility index (Phi) is 1.48. The van der Waals surface area contributed by atoms with Crippen molar-refractivity contribution in [1.29, 1.82) is 0 Å². The van der Waals surface area contributed by atoms with Gasteiger partial charge >= 0.3 is 0 Å². The average Bonchev–Trinajstić information content (AvgIpc) is 2.41.